The minimum atomic E-state index is -3.24. The summed E-state index contributed by atoms with van der Waals surface area (Å²) >= 11 is 0. The Hall–Kier alpha value is -3.02. The molecule has 0 saturated carbocycles. The van der Waals surface area contributed by atoms with Crippen LogP contribution in [0.1, 0.15) is 29.8 Å². The maximum absolute atomic E-state index is 12.8. The second-order valence-electron chi connectivity index (χ2n) is 8.35. The molecule has 3 heterocycles. The number of sulfonamides is 1. The summed E-state index contributed by atoms with van der Waals surface area (Å²) in [5.74, 6) is 0.583. The van der Waals surface area contributed by atoms with Crippen molar-refractivity contribution < 1.29 is 18.3 Å². The van der Waals surface area contributed by atoms with Gasteiger partial charge in [-0.3, -0.25) is 4.79 Å². The highest BCUT2D eigenvalue weighted by atomic mass is 32.2. The number of anilines is 2. The third kappa shape index (κ3) is 4.59. The SMILES string of the molecule is CC(C)(O)c1ccc(C(=O)Nc2cc3ccnn3c(N3CCN(S(C)(=O)=O)CC3)n2)cc1. The number of carbonyl (C=O) groups excluding carboxylic acids is 1. The summed E-state index contributed by atoms with van der Waals surface area (Å²) < 4.78 is 26.7. The van der Waals surface area contributed by atoms with Crippen LogP contribution in [-0.4, -0.2) is 70.8 Å². The van der Waals surface area contributed by atoms with Crippen LogP contribution < -0.4 is 10.2 Å². The van der Waals surface area contributed by atoms with E-state index in [1.807, 2.05) is 11.0 Å². The molecule has 2 N–H and O–H groups in total. The van der Waals surface area contributed by atoms with Crippen molar-refractivity contribution in [3.63, 3.8) is 0 Å². The minimum Gasteiger partial charge on any atom is -0.386 e. The number of nitrogens with zero attached hydrogens (tertiary/aromatic N) is 5. The average Bonchev–Trinajstić information content (AvgIpc) is 3.21. The quantitative estimate of drug-likeness (QED) is 0.591. The zero-order chi connectivity index (χ0) is 23.1. The molecular weight excluding hydrogens is 432 g/mol. The van der Waals surface area contributed by atoms with E-state index in [0.29, 0.717) is 49.1 Å². The Kier molecular flexibility index (Phi) is 5.65. The molecule has 1 aromatic carbocycles. The summed E-state index contributed by atoms with van der Waals surface area (Å²) in [6, 6.07) is 10.3. The topological polar surface area (TPSA) is 120 Å². The van der Waals surface area contributed by atoms with E-state index < -0.39 is 15.6 Å². The van der Waals surface area contributed by atoms with Gasteiger partial charge in [-0.15, -0.1) is 0 Å². The number of benzene rings is 1. The number of rotatable bonds is 5. The first-order chi connectivity index (χ1) is 15.0. The van der Waals surface area contributed by atoms with Gasteiger partial charge in [0.25, 0.3) is 5.91 Å². The number of aliphatic hydroxyl groups is 1. The maximum atomic E-state index is 12.8. The van der Waals surface area contributed by atoms with Crippen molar-refractivity contribution in [3.05, 3.63) is 53.7 Å². The molecule has 11 heteroatoms. The van der Waals surface area contributed by atoms with Crippen molar-refractivity contribution in [3.8, 4) is 0 Å². The summed E-state index contributed by atoms with van der Waals surface area (Å²) in [6.07, 6.45) is 2.85. The maximum Gasteiger partial charge on any atom is 0.256 e. The third-order valence-corrected chi connectivity index (χ3v) is 6.76. The van der Waals surface area contributed by atoms with Crippen molar-refractivity contribution in [1.29, 1.82) is 0 Å². The fourth-order valence-corrected chi connectivity index (χ4v) is 4.45. The number of fused-ring (bicyclic) bond motifs is 1. The summed E-state index contributed by atoms with van der Waals surface area (Å²) in [7, 11) is -3.24. The molecule has 0 atom stereocenters. The smallest absolute Gasteiger partial charge is 0.256 e. The average molecular weight is 459 g/mol. The molecule has 1 fully saturated rings. The van der Waals surface area contributed by atoms with E-state index in [-0.39, 0.29) is 5.91 Å². The Morgan fingerprint density at radius 3 is 2.34 bits per heavy atom. The van der Waals surface area contributed by atoms with Gasteiger partial charge in [-0.1, -0.05) is 12.1 Å². The number of piperazine rings is 1. The van der Waals surface area contributed by atoms with Crippen molar-refractivity contribution >= 4 is 33.2 Å². The predicted molar refractivity (Wildman–Crippen MR) is 121 cm³/mol. The van der Waals surface area contributed by atoms with Gasteiger partial charge in [0.1, 0.15) is 5.82 Å². The van der Waals surface area contributed by atoms with Gasteiger partial charge < -0.3 is 15.3 Å². The van der Waals surface area contributed by atoms with Gasteiger partial charge in [0.15, 0.2) is 0 Å². The molecule has 1 amide bonds. The molecule has 0 bridgehead atoms. The number of aromatic nitrogens is 3. The van der Waals surface area contributed by atoms with Crippen LogP contribution >= 0.6 is 0 Å². The van der Waals surface area contributed by atoms with E-state index >= 15 is 0 Å². The second-order valence-corrected chi connectivity index (χ2v) is 10.3. The first kappa shape index (κ1) is 22.2. The lowest BCUT2D eigenvalue weighted by atomic mass is 9.97. The van der Waals surface area contributed by atoms with Crippen LogP contribution in [0.25, 0.3) is 5.52 Å². The molecule has 4 rings (SSSR count). The van der Waals surface area contributed by atoms with Crippen molar-refractivity contribution in [1.82, 2.24) is 18.9 Å². The summed E-state index contributed by atoms with van der Waals surface area (Å²) in [5, 5.41) is 17.2. The lowest BCUT2D eigenvalue weighted by molar-refractivity contribution is 0.0785. The highest BCUT2D eigenvalue weighted by molar-refractivity contribution is 7.88. The normalized spacial score (nSPS) is 15.8. The third-order valence-electron chi connectivity index (χ3n) is 5.45. The summed E-state index contributed by atoms with van der Waals surface area (Å²) in [5.41, 5.74) is 0.924. The molecule has 1 aliphatic rings. The van der Waals surface area contributed by atoms with E-state index in [9.17, 15) is 18.3 Å². The molecule has 1 saturated heterocycles. The summed E-state index contributed by atoms with van der Waals surface area (Å²) in [4.78, 5) is 19.3. The van der Waals surface area contributed by atoms with E-state index in [4.69, 9.17) is 0 Å². The molecule has 2 aromatic heterocycles. The molecule has 0 radical (unpaired) electrons. The Balaban J connectivity index is 1.56. The molecule has 1 aliphatic heterocycles. The second kappa shape index (κ2) is 8.15. The molecule has 170 valence electrons. The fraction of sp³-hybridized carbons (Fsp3) is 0.381. The Bertz CT molecular complexity index is 1240. The summed E-state index contributed by atoms with van der Waals surface area (Å²) in [6.45, 7) is 5.00. The molecule has 32 heavy (non-hydrogen) atoms. The lowest BCUT2D eigenvalue weighted by Gasteiger charge is -2.33. The predicted octanol–water partition coefficient (Wildman–Crippen LogP) is 1.29. The molecule has 3 aromatic rings. The number of hydrogen-bond acceptors (Lipinski definition) is 7. The molecule has 10 nitrogen and oxygen atoms in total. The van der Waals surface area contributed by atoms with Crippen LogP contribution in [0.3, 0.4) is 0 Å². The van der Waals surface area contributed by atoms with Crippen LogP contribution in [0.2, 0.25) is 0 Å². The number of carbonyl (C=O) groups is 1. The molecule has 0 spiro atoms. The van der Waals surface area contributed by atoms with Gasteiger partial charge in [0.2, 0.25) is 16.0 Å². The van der Waals surface area contributed by atoms with Crippen molar-refractivity contribution in [2.45, 2.75) is 19.4 Å². The van der Waals surface area contributed by atoms with Gasteiger partial charge in [-0.25, -0.2) is 12.9 Å². The zero-order valence-electron chi connectivity index (χ0n) is 18.2. The van der Waals surface area contributed by atoms with Crippen LogP contribution in [-0.2, 0) is 15.6 Å². The largest absolute Gasteiger partial charge is 0.386 e. The number of nitrogens with one attached hydrogen (secondary N) is 1. The van der Waals surface area contributed by atoms with Crippen LogP contribution in [0.4, 0.5) is 11.8 Å². The lowest BCUT2D eigenvalue weighted by Crippen LogP contribution is -2.49. The van der Waals surface area contributed by atoms with Gasteiger partial charge >= 0.3 is 0 Å². The zero-order valence-corrected chi connectivity index (χ0v) is 19.0. The number of amides is 1. The first-order valence-corrected chi connectivity index (χ1v) is 12.1. The molecule has 0 aliphatic carbocycles. The van der Waals surface area contributed by atoms with E-state index in [2.05, 4.69) is 15.4 Å². The van der Waals surface area contributed by atoms with E-state index in [1.54, 1.807) is 54.9 Å². The van der Waals surface area contributed by atoms with Gasteiger partial charge in [0.05, 0.1) is 23.6 Å². The highest BCUT2D eigenvalue weighted by Gasteiger charge is 2.26. The Morgan fingerprint density at radius 2 is 1.75 bits per heavy atom. The fourth-order valence-electron chi connectivity index (χ4n) is 3.62. The van der Waals surface area contributed by atoms with Crippen molar-refractivity contribution in [2.75, 3.05) is 42.7 Å². The van der Waals surface area contributed by atoms with Crippen molar-refractivity contribution in [2.24, 2.45) is 0 Å². The van der Waals surface area contributed by atoms with Gasteiger partial charge in [-0.05, 0) is 37.6 Å². The molecular formula is C21H26N6O4S. The van der Waals surface area contributed by atoms with E-state index in [1.165, 1.54) is 10.6 Å². The van der Waals surface area contributed by atoms with E-state index in [0.717, 1.165) is 5.52 Å². The number of hydrogen-bond donors (Lipinski definition) is 2. The first-order valence-electron chi connectivity index (χ1n) is 10.2. The minimum absolute atomic E-state index is 0.323. The standard InChI is InChI=1S/C21H26N6O4S/c1-21(2,29)16-6-4-15(5-7-16)19(28)23-18-14-17-8-9-22-27(17)20(24-18)25-10-12-26(13-11-25)32(3,30)31/h4-9,14,29H,10-13H2,1-3H3,(H,23,28). The van der Waals surface area contributed by atoms with Crippen LogP contribution in [0.5, 0.6) is 0 Å². The van der Waals surface area contributed by atoms with Crippen LogP contribution in [0.15, 0.2) is 42.6 Å². The highest BCUT2D eigenvalue weighted by Crippen LogP contribution is 2.22. The van der Waals surface area contributed by atoms with Gasteiger partial charge in [0, 0.05) is 37.8 Å². The Morgan fingerprint density at radius 1 is 1.09 bits per heavy atom. The Labute approximate surface area is 186 Å². The van der Waals surface area contributed by atoms with Crippen LogP contribution in [0, 0.1) is 0 Å². The van der Waals surface area contributed by atoms with Gasteiger partial charge in [-0.2, -0.15) is 14.4 Å². The molecule has 0 unspecified atom stereocenters. The monoisotopic (exact) mass is 458 g/mol.